The van der Waals surface area contributed by atoms with E-state index in [1.165, 1.54) is 0 Å². The molecule has 2 bridgehead atoms. The second-order valence-corrected chi connectivity index (χ2v) is 8.04. The highest BCUT2D eigenvalue weighted by molar-refractivity contribution is 7.89. The van der Waals surface area contributed by atoms with Crippen LogP contribution in [-0.4, -0.2) is 37.9 Å². The predicted octanol–water partition coefficient (Wildman–Crippen LogP) is 2.59. The average Bonchev–Trinajstić information content (AvgIpc) is 2.67. The van der Waals surface area contributed by atoms with Gasteiger partial charge in [0.1, 0.15) is 4.90 Å². The molecule has 0 saturated carbocycles. The Kier molecular flexibility index (Phi) is 5.21. The summed E-state index contributed by atoms with van der Waals surface area (Å²) in [6, 6.07) is 5.86. The molecule has 0 aliphatic carbocycles. The topological polar surface area (TPSA) is 49.4 Å². The van der Waals surface area contributed by atoms with Crippen molar-refractivity contribution in [3.63, 3.8) is 0 Å². The van der Waals surface area contributed by atoms with Gasteiger partial charge in [-0.1, -0.05) is 17.7 Å². The van der Waals surface area contributed by atoms with Crippen molar-refractivity contribution < 1.29 is 8.42 Å². The van der Waals surface area contributed by atoms with Crippen LogP contribution in [0.5, 0.6) is 0 Å². The van der Waals surface area contributed by atoms with Gasteiger partial charge in [-0.2, -0.15) is 4.31 Å². The highest BCUT2D eigenvalue weighted by Gasteiger charge is 2.35. The Hall–Kier alpha value is -0.330. The van der Waals surface area contributed by atoms with Gasteiger partial charge in [0.25, 0.3) is 0 Å². The monoisotopic (exact) mass is 350 g/mol. The fraction of sp³-hybridized carbons (Fsp3) is 0.571. The number of hydrogen-bond acceptors (Lipinski definition) is 3. The molecule has 0 amide bonds. The molecule has 4 nitrogen and oxygen atoms in total. The van der Waals surface area contributed by atoms with Crippen LogP contribution in [-0.2, 0) is 10.0 Å². The van der Waals surface area contributed by atoms with Crippen molar-refractivity contribution in [1.29, 1.82) is 0 Å². The van der Waals surface area contributed by atoms with Crippen molar-refractivity contribution in [3.8, 4) is 0 Å². The second kappa shape index (κ2) is 6.42. The van der Waals surface area contributed by atoms with Gasteiger partial charge < -0.3 is 5.32 Å². The number of nitrogens with zero attached hydrogens (tertiary/aromatic N) is 1. The molecule has 7 heteroatoms. The molecule has 2 saturated heterocycles. The van der Waals surface area contributed by atoms with E-state index in [1.807, 2.05) is 6.92 Å². The SMILES string of the molecule is Cc1ccc(S(=O)(=O)N2CCC3CCC(C2)N3)c(Cl)c1.Cl. The van der Waals surface area contributed by atoms with Gasteiger partial charge in [0, 0.05) is 25.2 Å². The predicted molar refractivity (Wildman–Crippen MR) is 86.8 cm³/mol. The maximum absolute atomic E-state index is 12.8. The van der Waals surface area contributed by atoms with E-state index in [2.05, 4.69) is 5.32 Å². The van der Waals surface area contributed by atoms with E-state index in [9.17, 15) is 8.42 Å². The number of hydrogen-bond donors (Lipinski definition) is 1. The van der Waals surface area contributed by atoms with Crippen LogP contribution in [0.15, 0.2) is 23.1 Å². The molecule has 2 heterocycles. The molecule has 1 aromatic rings. The average molecular weight is 351 g/mol. The quantitative estimate of drug-likeness (QED) is 0.891. The third-order valence-corrected chi connectivity index (χ3v) is 6.54. The van der Waals surface area contributed by atoms with Crippen molar-refractivity contribution in [2.45, 2.75) is 43.2 Å². The Morgan fingerprint density at radius 3 is 2.67 bits per heavy atom. The van der Waals surface area contributed by atoms with Gasteiger partial charge >= 0.3 is 0 Å². The fourth-order valence-corrected chi connectivity index (χ4v) is 5.16. The summed E-state index contributed by atoms with van der Waals surface area (Å²) in [6.45, 7) is 3.01. The molecule has 3 rings (SSSR count). The first kappa shape index (κ1) is 17.0. The van der Waals surface area contributed by atoms with E-state index < -0.39 is 10.0 Å². The van der Waals surface area contributed by atoms with Gasteiger partial charge in [0.15, 0.2) is 0 Å². The summed E-state index contributed by atoms with van der Waals surface area (Å²) < 4.78 is 27.1. The highest BCUT2D eigenvalue weighted by atomic mass is 35.5. The maximum Gasteiger partial charge on any atom is 0.244 e. The van der Waals surface area contributed by atoms with Crippen molar-refractivity contribution in [1.82, 2.24) is 9.62 Å². The Bertz CT molecular complexity index is 621. The Morgan fingerprint density at radius 1 is 1.24 bits per heavy atom. The normalized spacial score (nSPS) is 26.2. The fourth-order valence-electron chi connectivity index (χ4n) is 3.08. The molecular formula is C14H20Cl2N2O2S. The number of rotatable bonds is 2. The number of fused-ring (bicyclic) bond motifs is 2. The molecule has 118 valence electrons. The summed E-state index contributed by atoms with van der Waals surface area (Å²) >= 11 is 6.13. The summed E-state index contributed by atoms with van der Waals surface area (Å²) in [5.74, 6) is 0. The lowest BCUT2D eigenvalue weighted by Gasteiger charge is -2.24. The lowest BCUT2D eigenvalue weighted by atomic mass is 10.1. The van der Waals surface area contributed by atoms with Crippen molar-refractivity contribution in [2.24, 2.45) is 0 Å². The van der Waals surface area contributed by atoms with E-state index in [4.69, 9.17) is 11.6 Å². The molecule has 2 unspecified atom stereocenters. The number of sulfonamides is 1. The first-order chi connectivity index (χ1) is 9.46. The van der Waals surface area contributed by atoms with E-state index in [0.717, 1.165) is 24.8 Å². The smallest absolute Gasteiger partial charge is 0.244 e. The molecule has 2 fully saturated rings. The molecule has 2 atom stereocenters. The minimum absolute atomic E-state index is 0. The van der Waals surface area contributed by atoms with E-state index in [1.54, 1.807) is 22.5 Å². The Balaban J connectivity index is 0.00000161. The Morgan fingerprint density at radius 2 is 1.95 bits per heavy atom. The lowest BCUT2D eigenvalue weighted by Crippen LogP contribution is -2.39. The van der Waals surface area contributed by atoms with Crippen LogP contribution in [0.25, 0.3) is 0 Å². The Labute approximate surface area is 137 Å². The van der Waals surface area contributed by atoms with E-state index in [0.29, 0.717) is 24.2 Å². The van der Waals surface area contributed by atoms with Gasteiger partial charge in [0.05, 0.1) is 5.02 Å². The first-order valence-electron chi connectivity index (χ1n) is 6.99. The largest absolute Gasteiger partial charge is 0.310 e. The minimum atomic E-state index is -3.49. The summed E-state index contributed by atoms with van der Waals surface area (Å²) in [6.07, 6.45) is 3.08. The standard InChI is InChI=1S/C14H19ClN2O2S.ClH/c1-10-2-5-14(13(15)8-10)20(18,19)17-7-6-11-3-4-12(9-17)16-11;/h2,5,8,11-12,16H,3-4,6-7,9H2,1H3;1H. The molecule has 2 aliphatic rings. The third kappa shape index (κ3) is 3.37. The number of nitrogens with one attached hydrogen (secondary N) is 1. The zero-order valence-electron chi connectivity index (χ0n) is 11.9. The van der Waals surface area contributed by atoms with Gasteiger partial charge in [-0.15, -0.1) is 12.4 Å². The van der Waals surface area contributed by atoms with Gasteiger partial charge in [-0.05, 0) is 43.9 Å². The van der Waals surface area contributed by atoms with E-state index >= 15 is 0 Å². The lowest BCUT2D eigenvalue weighted by molar-refractivity contribution is 0.383. The third-order valence-electron chi connectivity index (χ3n) is 4.19. The molecule has 1 aromatic carbocycles. The number of aryl methyl sites for hydroxylation is 1. The molecule has 2 aliphatic heterocycles. The van der Waals surface area contributed by atoms with Crippen molar-refractivity contribution in [3.05, 3.63) is 28.8 Å². The van der Waals surface area contributed by atoms with Gasteiger partial charge in [-0.25, -0.2) is 8.42 Å². The molecule has 0 spiro atoms. The summed E-state index contributed by atoms with van der Waals surface area (Å²) in [5.41, 5.74) is 0.963. The summed E-state index contributed by atoms with van der Waals surface area (Å²) in [4.78, 5) is 0.225. The summed E-state index contributed by atoms with van der Waals surface area (Å²) in [5, 5.41) is 3.80. The second-order valence-electron chi connectivity index (χ2n) is 5.72. The maximum atomic E-state index is 12.8. The van der Waals surface area contributed by atoms with Crippen molar-refractivity contribution >= 4 is 34.0 Å². The molecule has 1 N–H and O–H groups in total. The van der Waals surface area contributed by atoms with Crippen LogP contribution in [0.2, 0.25) is 5.02 Å². The zero-order valence-corrected chi connectivity index (χ0v) is 14.3. The first-order valence-corrected chi connectivity index (χ1v) is 8.81. The highest BCUT2D eigenvalue weighted by Crippen LogP contribution is 2.29. The van der Waals surface area contributed by atoms with Crippen molar-refractivity contribution in [2.75, 3.05) is 13.1 Å². The van der Waals surface area contributed by atoms with Crippen LogP contribution in [0.1, 0.15) is 24.8 Å². The zero-order chi connectivity index (χ0) is 14.3. The van der Waals surface area contributed by atoms with Crippen LogP contribution < -0.4 is 5.32 Å². The van der Waals surface area contributed by atoms with Crippen LogP contribution in [0.3, 0.4) is 0 Å². The minimum Gasteiger partial charge on any atom is -0.310 e. The molecule has 0 aromatic heterocycles. The van der Waals surface area contributed by atoms with Gasteiger partial charge in [0.2, 0.25) is 10.0 Å². The molecule has 0 radical (unpaired) electrons. The number of benzene rings is 1. The molecular weight excluding hydrogens is 331 g/mol. The summed E-state index contributed by atoms with van der Waals surface area (Å²) in [7, 11) is -3.49. The van der Waals surface area contributed by atoms with Crippen LogP contribution >= 0.6 is 24.0 Å². The molecule has 21 heavy (non-hydrogen) atoms. The van der Waals surface area contributed by atoms with Gasteiger partial charge in [-0.3, -0.25) is 0 Å². The van der Waals surface area contributed by atoms with E-state index in [-0.39, 0.29) is 23.3 Å². The number of halogens is 2. The van der Waals surface area contributed by atoms with Crippen LogP contribution in [0.4, 0.5) is 0 Å². The van der Waals surface area contributed by atoms with Crippen LogP contribution in [0, 0.1) is 6.92 Å².